The van der Waals surface area contributed by atoms with Crippen LogP contribution in [0.2, 0.25) is 0 Å². The number of aromatic amines is 1. The molecule has 1 aromatic heterocycles. The van der Waals surface area contributed by atoms with E-state index in [2.05, 4.69) is 4.98 Å². The number of carboxylic acids is 1. The lowest BCUT2D eigenvalue weighted by atomic mass is 10.1. The highest BCUT2D eigenvalue weighted by molar-refractivity contribution is 5.88. The number of aromatic carboxylic acids is 1. The number of carbonyl (C=O) groups is 1. The molecule has 0 atom stereocenters. The van der Waals surface area contributed by atoms with Crippen LogP contribution in [0.4, 0.5) is 0 Å². The summed E-state index contributed by atoms with van der Waals surface area (Å²) in [5.41, 5.74) is 1.61. The van der Waals surface area contributed by atoms with Gasteiger partial charge in [0.2, 0.25) is 0 Å². The lowest BCUT2D eigenvalue weighted by Gasteiger charge is -2.08. The minimum atomic E-state index is -1.09. The van der Waals surface area contributed by atoms with Crippen LogP contribution in [0.25, 0.3) is 11.1 Å². The van der Waals surface area contributed by atoms with Gasteiger partial charge in [-0.25, -0.2) is 4.79 Å². The Kier molecular flexibility index (Phi) is 4.43. The predicted molar refractivity (Wildman–Crippen MR) is 90.2 cm³/mol. The summed E-state index contributed by atoms with van der Waals surface area (Å²) in [5, 5.41) is 9.07. The second-order valence-electron chi connectivity index (χ2n) is 5.24. The van der Waals surface area contributed by atoms with Crippen molar-refractivity contribution in [1.29, 1.82) is 0 Å². The number of aromatic nitrogens is 1. The lowest BCUT2D eigenvalue weighted by Crippen LogP contribution is -2.11. The second-order valence-corrected chi connectivity index (χ2v) is 5.24. The van der Waals surface area contributed by atoms with Crippen LogP contribution >= 0.6 is 0 Å². The maximum Gasteiger partial charge on any atom is 0.337 e. The van der Waals surface area contributed by atoms with Crippen molar-refractivity contribution in [1.82, 2.24) is 4.98 Å². The smallest absolute Gasteiger partial charge is 0.337 e. The van der Waals surface area contributed by atoms with Crippen LogP contribution in [-0.4, -0.2) is 16.1 Å². The van der Waals surface area contributed by atoms with Crippen LogP contribution in [0, 0.1) is 0 Å². The molecule has 0 fully saturated rings. The molecule has 24 heavy (non-hydrogen) atoms. The fourth-order valence-electron chi connectivity index (χ4n) is 2.32. The fourth-order valence-corrected chi connectivity index (χ4v) is 2.32. The van der Waals surface area contributed by atoms with Gasteiger partial charge >= 0.3 is 5.97 Å². The Balaban J connectivity index is 1.87. The molecule has 0 aliphatic rings. The molecule has 0 spiro atoms. The van der Waals surface area contributed by atoms with Gasteiger partial charge in [-0.1, -0.05) is 42.5 Å². The van der Waals surface area contributed by atoms with Crippen LogP contribution in [0.5, 0.6) is 5.75 Å². The quantitative estimate of drug-likeness (QED) is 0.755. The first kappa shape index (κ1) is 15.6. The van der Waals surface area contributed by atoms with Gasteiger partial charge < -0.3 is 14.8 Å². The molecule has 0 bridgehead atoms. The molecule has 0 radical (unpaired) electrons. The Morgan fingerprint density at radius 1 is 1.04 bits per heavy atom. The first-order valence-electron chi connectivity index (χ1n) is 7.36. The van der Waals surface area contributed by atoms with Crippen LogP contribution in [0.1, 0.15) is 15.9 Å². The van der Waals surface area contributed by atoms with E-state index in [9.17, 15) is 9.59 Å². The largest absolute Gasteiger partial charge is 0.489 e. The number of rotatable bonds is 5. The number of ether oxygens (including phenoxy) is 1. The van der Waals surface area contributed by atoms with Crippen molar-refractivity contribution >= 4 is 5.97 Å². The zero-order chi connectivity index (χ0) is 16.9. The lowest BCUT2D eigenvalue weighted by molar-refractivity contribution is 0.0696. The molecule has 3 aromatic rings. The highest BCUT2D eigenvalue weighted by atomic mass is 16.5. The van der Waals surface area contributed by atoms with Gasteiger partial charge in [0.1, 0.15) is 12.4 Å². The van der Waals surface area contributed by atoms with Crippen molar-refractivity contribution in [2.75, 3.05) is 0 Å². The molecular formula is C19H15NO4. The summed E-state index contributed by atoms with van der Waals surface area (Å²) in [4.78, 5) is 25.5. The second kappa shape index (κ2) is 6.83. The molecule has 0 amide bonds. The van der Waals surface area contributed by atoms with Crippen LogP contribution in [0.3, 0.4) is 0 Å². The molecule has 3 rings (SSSR count). The number of hydrogen-bond acceptors (Lipinski definition) is 3. The SMILES string of the molecule is O=C(O)c1c[nH]c(=O)c(-c2cccc(OCc3ccccc3)c2)c1. The van der Waals surface area contributed by atoms with Gasteiger partial charge in [-0.3, -0.25) is 4.79 Å². The Labute approximate surface area is 138 Å². The van der Waals surface area contributed by atoms with E-state index in [4.69, 9.17) is 9.84 Å². The molecule has 5 nitrogen and oxygen atoms in total. The standard InChI is InChI=1S/C19H15NO4/c21-18-17(10-15(11-20-18)19(22)23)14-7-4-8-16(9-14)24-12-13-5-2-1-3-6-13/h1-11H,12H2,(H,20,21)(H,22,23). The molecule has 0 aliphatic heterocycles. The van der Waals surface area contributed by atoms with Gasteiger partial charge in [-0.05, 0) is 29.3 Å². The number of benzene rings is 2. The maximum atomic E-state index is 12.0. The van der Waals surface area contributed by atoms with Gasteiger partial charge in [0, 0.05) is 11.8 Å². The topological polar surface area (TPSA) is 79.4 Å². The first-order chi connectivity index (χ1) is 11.6. The molecule has 0 aliphatic carbocycles. The van der Waals surface area contributed by atoms with E-state index in [1.165, 1.54) is 12.3 Å². The Hall–Kier alpha value is -3.34. The van der Waals surface area contributed by atoms with Crippen molar-refractivity contribution in [3.8, 4) is 16.9 Å². The molecule has 0 saturated heterocycles. The number of carboxylic acid groups (broad SMARTS) is 1. The van der Waals surface area contributed by atoms with Gasteiger partial charge in [0.05, 0.1) is 5.56 Å². The number of H-pyrrole nitrogens is 1. The predicted octanol–water partition coefficient (Wildman–Crippen LogP) is 3.32. The molecular weight excluding hydrogens is 306 g/mol. The number of hydrogen-bond donors (Lipinski definition) is 2. The Morgan fingerprint density at radius 3 is 2.58 bits per heavy atom. The highest BCUT2D eigenvalue weighted by Crippen LogP contribution is 2.22. The van der Waals surface area contributed by atoms with E-state index in [1.807, 2.05) is 30.3 Å². The van der Waals surface area contributed by atoms with Crippen molar-refractivity contribution < 1.29 is 14.6 Å². The van der Waals surface area contributed by atoms with Crippen molar-refractivity contribution in [3.05, 3.63) is 88.3 Å². The minimum absolute atomic E-state index is 0.0280. The summed E-state index contributed by atoms with van der Waals surface area (Å²) >= 11 is 0. The zero-order valence-electron chi connectivity index (χ0n) is 12.7. The molecule has 2 N–H and O–H groups in total. The minimum Gasteiger partial charge on any atom is -0.489 e. The van der Waals surface area contributed by atoms with Gasteiger partial charge in [0.25, 0.3) is 5.56 Å². The van der Waals surface area contributed by atoms with Crippen molar-refractivity contribution in [3.63, 3.8) is 0 Å². The zero-order valence-corrected chi connectivity index (χ0v) is 12.7. The van der Waals surface area contributed by atoms with E-state index in [1.54, 1.807) is 24.3 Å². The molecule has 5 heteroatoms. The third kappa shape index (κ3) is 3.52. The summed E-state index contributed by atoms with van der Waals surface area (Å²) in [5.74, 6) is -0.486. The van der Waals surface area contributed by atoms with E-state index >= 15 is 0 Å². The first-order valence-corrected chi connectivity index (χ1v) is 7.36. The van der Waals surface area contributed by atoms with Gasteiger partial charge in [-0.2, -0.15) is 0 Å². The maximum absolute atomic E-state index is 12.0. The van der Waals surface area contributed by atoms with Crippen LogP contribution in [0.15, 0.2) is 71.7 Å². The van der Waals surface area contributed by atoms with Gasteiger partial charge in [-0.15, -0.1) is 0 Å². The van der Waals surface area contributed by atoms with E-state index in [0.717, 1.165) is 5.56 Å². The monoisotopic (exact) mass is 321 g/mol. The third-order valence-corrected chi connectivity index (χ3v) is 3.54. The van der Waals surface area contributed by atoms with Crippen LogP contribution in [-0.2, 0) is 6.61 Å². The number of nitrogens with one attached hydrogen (secondary N) is 1. The van der Waals surface area contributed by atoms with Crippen molar-refractivity contribution in [2.45, 2.75) is 6.61 Å². The fraction of sp³-hybridized carbons (Fsp3) is 0.0526. The van der Waals surface area contributed by atoms with Gasteiger partial charge in [0.15, 0.2) is 0 Å². The normalized spacial score (nSPS) is 10.3. The highest BCUT2D eigenvalue weighted by Gasteiger charge is 2.10. The average molecular weight is 321 g/mol. The van der Waals surface area contributed by atoms with E-state index in [-0.39, 0.29) is 11.1 Å². The summed E-state index contributed by atoms with van der Waals surface area (Å²) in [7, 11) is 0. The van der Waals surface area contributed by atoms with Crippen LogP contribution < -0.4 is 10.3 Å². The Bertz CT molecular complexity index is 916. The molecule has 0 unspecified atom stereocenters. The summed E-state index contributed by atoms with van der Waals surface area (Å²) in [6, 6.07) is 18.1. The molecule has 2 aromatic carbocycles. The van der Waals surface area contributed by atoms with E-state index in [0.29, 0.717) is 23.5 Å². The molecule has 0 saturated carbocycles. The van der Waals surface area contributed by atoms with E-state index < -0.39 is 5.97 Å². The molecule has 1 heterocycles. The third-order valence-electron chi connectivity index (χ3n) is 3.54. The summed E-state index contributed by atoms with van der Waals surface area (Å²) < 4.78 is 5.74. The van der Waals surface area contributed by atoms with Crippen molar-refractivity contribution in [2.24, 2.45) is 0 Å². The summed E-state index contributed by atoms with van der Waals surface area (Å²) in [6.07, 6.45) is 1.18. The molecule has 120 valence electrons. The summed E-state index contributed by atoms with van der Waals surface area (Å²) in [6.45, 7) is 0.413. The Morgan fingerprint density at radius 2 is 1.83 bits per heavy atom. The number of pyridine rings is 1. The average Bonchev–Trinajstić information content (AvgIpc) is 2.61.